The Balaban J connectivity index is 1.90. The molecule has 0 spiro atoms. The summed E-state index contributed by atoms with van der Waals surface area (Å²) >= 11 is 8.14. The van der Waals surface area contributed by atoms with Crippen molar-refractivity contribution in [1.82, 2.24) is 4.98 Å². The molecule has 6 heteroatoms. The van der Waals surface area contributed by atoms with Gasteiger partial charge in [0.1, 0.15) is 5.69 Å². The molecule has 1 heterocycles. The topological polar surface area (TPSA) is 48.1 Å². The van der Waals surface area contributed by atoms with E-state index in [1.165, 1.54) is 17.5 Å². The van der Waals surface area contributed by atoms with Crippen molar-refractivity contribution in [3.05, 3.63) is 106 Å². The standard InChI is InChI=1S/C27H30ClN3OS/c1-8-31(25-17(2)15-16-29-26(25)32)19(4)24-18(3)23(14-13-22(24)28)30-33-21-11-9-20(10-12-21)27(5,6)7/h8-16,30H,1,4H2,2-3,5-7H3,(H,29,32). The molecule has 1 aromatic heterocycles. The highest BCUT2D eigenvalue weighted by Crippen LogP contribution is 2.36. The van der Waals surface area contributed by atoms with Crippen LogP contribution in [0.4, 0.5) is 11.4 Å². The minimum Gasteiger partial charge on any atom is -0.327 e. The van der Waals surface area contributed by atoms with Crippen LogP contribution in [-0.2, 0) is 5.41 Å². The number of hydrogen-bond donors (Lipinski definition) is 2. The summed E-state index contributed by atoms with van der Waals surface area (Å²) in [5.74, 6) is 0. The van der Waals surface area contributed by atoms with Crippen LogP contribution in [0.5, 0.6) is 0 Å². The third-order valence-electron chi connectivity index (χ3n) is 5.55. The number of hydrogen-bond acceptors (Lipinski definition) is 4. The van der Waals surface area contributed by atoms with Crippen LogP contribution in [0.3, 0.4) is 0 Å². The van der Waals surface area contributed by atoms with Crippen LogP contribution in [0.25, 0.3) is 5.70 Å². The lowest BCUT2D eigenvalue weighted by Gasteiger charge is -2.26. The SMILES string of the molecule is C=CN(C(=C)c1c(Cl)ccc(NSc2ccc(C(C)(C)C)cc2)c1C)c1c(C)cc[nH]c1=O. The molecular formula is C27H30ClN3OS. The smallest absolute Gasteiger partial charge is 0.272 e. The maximum Gasteiger partial charge on any atom is 0.272 e. The zero-order chi connectivity index (χ0) is 24.3. The first-order valence-corrected chi connectivity index (χ1v) is 11.9. The van der Waals surface area contributed by atoms with Crippen molar-refractivity contribution in [3.8, 4) is 0 Å². The normalized spacial score (nSPS) is 11.2. The lowest BCUT2D eigenvalue weighted by atomic mass is 9.87. The molecule has 0 bridgehead atoms. The average molecular weight is 480 g/mol. The van der Waals surface area contributed by atoms with Gasteiger partial charge in [-0.25, -0.2) is 0 Å². The van der Waals surface area contributed by atoms with Crippen LogP contribution in [0.2, 0.25) is 5.02 Å². The number of halogens is 1. The number of rotatable bonds is 7. The quantitative estimate of drug-likeness (QED) is 0.341. The van der Waals surface area contributed by atoms with Crippen molar-refractivity contribution in [2.75, 3.05) is 9.62 Å². The molecule has 0 radical (unpaired) electrons. The van der Waals surface area contributed by atoms with Gasteiger partial charge in [0.25, 0.3) is 5.56 Å². The Hall–Kier alpha value is -2.89. The first-order chi connectivity index (χ1) is 15.5. The van der Waals surface area contributed by atoms with Gasteiger partial charge < -0.3 is 14.6 Å². The van der Waals surface area contributed by atoms with Gasteiger partial charge in [0.15, 0.2) is 0 Å². The summed E-state index contributed by atoms with van der Waals surface area (Å²) in [6.07, 6.45) is 3.21. The van der Waals surface area contributed by atoms with Gasteiger partial charge in [-0.1, -0.05) is 57.7 Å². The van der Waals surface area contributed by atoms with Crippen LogP contribution >= 0.6 is 23.5 Å². The van der Waals surface area contributed by atoms with Gasteiger partial charge in [-0.2, -0.15) is 0 Å². The number of pyridine rings is 1. The molecule has 172 valence electrons. The van der Waals surface area contributed by atoms with Gasteiger partial charge in [0.2, 0.25) is 0 Å². The van der Waals surface area contributed by atoms with Gasteiger partial charge in [-0.15, -0.1) is 0 Å². The fourth-order valence-electron chi connectivity index (χ4n) is 3.61. The molecule has 0 saturated carbocycles. The van der Waals surface area contributed by atoms with Gasteiger partial charge in [-0.3, -0.25) is 4.79 Å². The number of aryl methyl sites for hydroxylation is 1. The van der Waals surface area contributed by atoms with Crippen LogP contribution in [0.15, 0.2) is 77.7 Å². The lowest BCUT2D eigenvalue weighted by molar-refractivity contribution is 0.590. The van der Waals surface area contributed by atoms with E-state index in [0.717, 1.165) is 27.3 Å². The third kappa shape index (κ3) is 5.37. The number of H-pyrrole nitrogens is 1. The Labute approximate surface area is 205 Å². The van der Waals surface area contributed by atoms with Gasteiger partial charge >= 0.3 is 0 Å². The molecule has 0 amide bonds. The molecule has 2 N–H and O–H groups in total. The molecule has 0 aliphatic rings. The monoisotopic (exact) mass is 479 g/mol. The largest absolute Gasteiger partial charge is 0.327 e. The minimum atomic E-state index is -0.214. The fraction of sp³-hybridized carbons (Fsp3) is 0.222. The van der Waals surface area contributed by atoms with Crippen molar-refractivity contribution >= 4 is 40.6 Å². The first kappa shape index (κ1) is 24.7. The van der Waals surface area contributed by atoms with Gasteiger partial charge in [0, 0.05) is 34.2 Å². The number of nitrogens with one attached hydrogen (secondary N) is 2. The molecule has 0 aliphatic carbocycles. The third-order valence-corrected chi connectivity index (χ3v) is 6.70. The van der Waals surface area contributed by atoms with E-state index in [-0.39, 0.29) is 11.0 Å². The number of benzene rings is 2. The molecule has 0 aliphatic heterocycles. The van der Waals surface area contributed by atoms with E-state index in [9.17, 15) is 4.79 Å². The summed E-state index contributed by atoms with van der Waals surface area (Å²) in [6.45, 7) is 18.6. The average Bonchev–Trinajstić information content (AvgIpc) is 2.75. The highest BCUT2D eigenvalue weighted by atomic mass is 35.5. The van der Waals surface area contributed by atoms with E-state index < -0.39 is 0 Å². The summed E-state index contributed by atoms with van der Waals surface area (Å²) in [5, 5.41) is 0.555. The molecule has 3 aromatic rings. The Morgan fingerprint density at radius 1 is 1.12 bits per heavy atom. The summed E-state index contributed by atoms with van der Waals surface area (Å²) in [6, 6.07) is 14.2. The second-order valence-corrected chi connectivity index (χ2v) is 10.2. The highest BCUT2D eigenvalue weighted by Gasteiger charge is 2.20. The molecule has 0 unspecified atom stereocenters. The van der Waals surface area contributed by atoms with Crippen LogP contribution in [0, 0.1) is 13.8 Å². The van der Waals surface area contributed by atoms with Crippen LogP contribution in [-0.4, -0.2) is 4.98 Å². The zero-order valence-corrected chi connectivity index (χ0v) is 21.3. The maximum absolute atomic E-state index is 12.5. The van der Waals surface area contributed by atoms with Gasteiger partial charge in [0.05, 0.1) is 5.02 Å². The Bertz CT molecular complexity index is 1240. The van der Waals surface area contributed by atoms with Crippen molar-refractivity contribution in [2.45, 2.75) is 44.9 Å². The number of anilines is 2. The minimum absolute atomic E-state index is 0.120. The molecule has 3 rings (SSSR count). The second kappa shape index (κ2) is 9.94. The first-order valence-electron chi connectivity index (χ1n) is 10.7. The predicted octanol–water partition coefficient (Wildman–Crippen LogP) is 7.68. The lowest BCUT2D eigenvalue weighted by Crippen LogP contribution is -2.23. The molecule has 0 atom stereocenters. The summed E-state index contributed by atoms with van der Waals surface area (Å²) in [7, 11) is 0. The van der Waals surface area contributed by atoms with E-state index >= 15 is 0 Å². The zero-order valence-electron chi connectivity index (χ0n) is 19.8. The van der Waals surface area contributed by atoms with E-state index in [1.54, 1.807) is 17.3 Å². The number of nitrogens with zero attached hydrogens (tertiary/aromatic N) is 1. The van der Waals surface area contributed by atoms with Crippen molar-refractivity contribution < 1.29 is 0 Å². The van der Waals surface area contributed by atoms with Crippen LogP contribution < -0.4 is 15.2 Å². The predicted molar refractivity (Wildman–Crippen MR) is 144 cm³/mol. The number of aromatic nitrogens is 1. The highest BCUT2D eigenvalue weighted by molar-refractivity contribution is 8.00. The van der Waals surface area contributed by atoms with Crippen molar-refractivity contribution in [1.29, 1.82) is 0 Å². The molecule has 2 aromatic carbocycles. The van der Waals surface area contributed by atoms with Crippen LogP contribution in [0.1, 0.15) is 43.0 Å². The molecule has 33 heavy (non-hydrogen) atoms. The Kier molecular flexibility index (Phi) is 7.45. The summed E-state index contributed by atoms with van der Waals surface area (Å²) in [5.41, 5.74) is 5.68. The summed E-state index contributed by atoms with van der Waals surface area (Å²) in [4.78, 5) is 18.0. The molecule has 0 fully saturated rings. The molecule has 4 nitrogen and oxygen atoms in total. The Morgan fingerprint density at radius 3 is 2.36 bits per heavy atom. The van der Waals surface area contributed by atoms with E-state index in [2.05, 4.69) is 67.9 Å². The summed E-state index contributed by atoms with van der Waals surface area (Å²) < 4.78 is 3.43. The maximum atomic E-state index is 12.5. The van der Waals surface area contributed by atoms with Crippen molar-refractivity contribution in [2.24, 2.45) is 0 Å². The molecule has 0 saturated heterocycles. The van der Waals surface area contributed by atoms with E-state index in [1.807, 2.05) is 32.0 Å². The van der Waals surface area contributed by atoms with Crippen molar-refractivity contribution in [3.63, 3.8) is 0 Å². The second-order valence-electron chi connectivity index (χ2n) is 8.91. The van der Waals surface area contributed by atoms with E-state index in [4.69, 9.17) is 11.6 Å². The fourth-order valence-corrected chi connectivity index (χ4v) is 4.64. The Morgan fingerprint density at radius 2 is 1.79 bits per heavy atom. The van der Waals surface area contributed by atoms with E-state index in [0.29, 0.717) is 16.4 Å². The van der Waals surface area contributed by atoms with Gasteiger partial charge in [-0.05, 0) is 78.2 Å². The molecular weight excluding hydrogens is 450 g/mol. The number of aromatic amines is 1.